The summed E-state index contributed by atoms with van der Waals surface area (Å²) < 4.78 is 0. The largest absolute Gasteiger partial charge is 0.481 e. The topological polar surface area (TPSA) is 82.5 Å². The summed E-state index contributed by atoms with van der Waals surface area (Å²) in [5.41, 5.74) is -0.0629. The summed E-state index contributed by atoms with van der Waals surface area (Å²) >= 11 is 0. The van der Waals surface area contributed by atoms with Crippen molar-refractivity contribution in [2.24, 2.45) is 5.41 Å². The molecule has 1 aliphatic rings. The second-order valence-electron chi connectivity index (χ2n) is 5.46. The number of pyridine rings is 1. The number of rotatable bonds is 3. The van der Waals surface area contributed by atoms with E-state index in [0.29, 0.717) is 13.0 Å². The minimum absolute atomic E-state index is 0.208. The van der Waals surface area contributed by atoms with Gasteiger partial charge in [-0.15, -0.1) is 0 Å². The summed E-state index contributed by atoms with van der Waals surface area (Å²) in [6, 6.07) is 5.07. The molecule has 2 unspecified atom stereocenters. The van der Waals surface area contributed by atoms with Gasteiger partial charge < -0.3 is 15.3 Å². The van der Waals surface area contributed by atoms with Gasteiger partial charge in [-0.3, -0.25) is 9.78 Å². The molecule has 2 N–H and O–H groups in total. The first-order valence-corrected chi connectivity index (χ1v) is 6.62. The lowest BCUT2D eigenvalue weighted by molar-refractivity contribution is -0.146. The number of aromatic nitrogens is 1. The molecule has 2 rings (SSSR count). The standard InChI is InChI=1S/C14H19N3O3/c1-10(11-5-3-4-7-15-11)16-13(20)17-8-6-14(2,9-17)12(18)19/h3-5,7,10H,6,8-9H2,1-2H3,(H,16,20)(H,18,19). The Morgan fingerprint density at radius 3 is 2.80 bits per heavy atom. The zero-order valence-corrected chi connectivity index (χ0v) is 11.7. The number of hydrogen-bond acceptors (Lipinski definition) is 3. The Morgan fingerprint density at radius 1 is 1.50 bits per heavy atom. The number of likely N-dealkylation sites (tertiary alicyclic amines) is 1. The van der Waals surface area contributed by atoms with Crippen LogP contribution in [0.25, 0.3) is 0 Å². The molecule has 0 aromatic carbocycles. The first-order valence-electron chi connectivity index (χ1n) is 6.62. The lowest BCUT2D eigenvalue weighted by atomic mass is 9.90. The summed E-state index contributed by atoms with van der Waals surface area (Å²) in [7, 11) is 0. The van der Waals surface area contributed by atoms with E-state index in [1.807, 2.05) is 25.1 Å². The predicted molar refractivity (Wildman–Crippen MR) is 73.1 cm³/mol. The van der Waals surface area contributed by atoms with E-state index in [0.717, 1.165) is 5.69 Å². The van der Waals surface area contributed by atoms with Gasteiger partial charge in [0.15, 0.2) is 0 Å². The number of carbonyl (C=O) groups is 2. The molecule has 0 spiro atoms. The highest BCUT2D eigenvalue weighted by Gasteiger charge is 2.42. The minimum Gasteiger partial charge on any atom is -0.481 e. The van der Waals surface area contributed by atoms with Crippen LogP contribution in [0.1, 0.15) is 32.0 Å². The maximum Gasteiger partial charge on any atom is 0.317 e. The first-order chi connectivity index (χ1) is 9.42. The quantitative estimate of drug-likeness (QED) is 0.880. The summed E-state index contributed by atoms with van der Waals surface area (Å²) in [5.74, 6) is -0.856. The van der Waals surface area contributed by atoms with Gasteiger partial charge in [-0.1, -0.05) is 6.07 Å². The van der Waals surface area contributed by atoms with Gasteiger partial charge in [0.25, 0.3) is 0 Å². The highest BCUT2D eigenvalue weighted by molar-refractivity contribution is 5.79. The molecule has 1 fully saturated rings. The highest BCUT2D eigenvalue weighted by Crippen LogP contribution is 2.30. The van der Waals surface area contributed by atoms with Crippen molar-refractivity contribution in [2.75, 3.05) is 13.1 Å². The summed E-state index contributed by atoms with van der Waals surface area (Å²) in [5, 5.41) is 12.0. The third kappa shape index (κ3) is 2.89. The van der Waals surface area contributed by atoms with Crippen LogP contribution in [0.2, 0.25) is 0 Å². The number of nitrogens with zero attached hydrogens (tertiary/aromatic N) is 2. The molecule has 0 radical (unpaired) electrons. The number of urea groups is 1. The molecule has 0 aliphatic carbocycles. The molecule has 2 atom stereocenters. The van der Waals surface area contributed by atoms with E-state index in [9.17, 15) is 9.59 Å². The number of carboxylic acid groups (broad SMARTS) is 1. The van der Waals surface area contributed by atoms with E-state index in [4.69, 9.17) is 5.11 Å². The number of aliphatic carboxylic acids is 1. The van der Waals surface area contributed by atoms with E-state index in [1.165, 1.54) is 0 Å². The smallest absolute Gasteiger partial charge is 0.317 e. The summed E-state index contributed by atoms with van der Waals surface area (Å²) in [6.07, 6.45) is 2.16. The third-order valence-corrected chi connectivity index (χ3v) is 3.75. The number of carboxylic acids is 1. The average Bonchev–Trinajstić information content (AvgIpc) is 2.84. The molecule has 2 heterocycles. The molecule has 1 saturated heterocycles. The lowest BCUT2D eigenvalue weighted by Crippen LogP contribution is -2.41. The Kier molecular flexibility index (Phi) is 3.92. The van der Waals surface area contributed by atoms with Crippen LogP contribution in [0.15, 0.2) is 24.4 Å². The first kappa shape index (κ1) is 14.3. The molecule has 0 saturated carbocycles. The van der Waals surface area contributed by atoms with Crippen LogP contribution in [0.3, 0.4) is 0 Å². The second kappa shape index (κ2) is 5.48. The van der Waals surface area contributed by atoms with E-state index >= 15 is 0 Å². The molecular weight excluding hydrogens is 258 g/mol. The normalized spacial score (nSPS) is 23.4. The Morgan fingerprint density at radius 2 is 2.25 bits per heavy atom. The molecule has 1 aromatic rings. The summed E-state index contributed by atoms with van der Waals surface area (Å²) in [6.45, 7) is 4.23. The van der Waals surface area contributed by atoms with Crippen molar-refractivity contribution in [3.8, 4) is 0 Å². The van der Waals surface area contributed by atoms with Gasteiger partial charge in [-0.25, -0.2) is 4.79 Å². The van der Waals surface area contributed by atoms with Crippen molar-refractivity contribution in [1.29, 1.82) is 0 Å². The predicted octanol–water partition coefficient (Wildman–Crippen LogP) is 1.65. The third-order valence-electron chi connectivity index (χ3n) is 3.75. The van der Waals surface area contributed by atoms with E-state index in [1.54, 1.807) is 18.0 Å². The maximum atomic E-state index is 12.1. The number of carbonyl (C=O) groups excluding carboxylic acids is 1. The number of nitrogens with one attached hydrogen (secondary N) is 1. The molecule has 20 heavy (non-hydrogen) atoms. The maximum absolute atomic E-state index is 12.1. The van der Waals surface area contributed by atoms with Gasteiger partial charge in [-0.05, 0) is 32.4 Å². The van der Waals surface area contributed by atoms with Crippen LogP contribution in [0.4, 0.5) is 4.79 Å². The van der Waals surface area contributed by atoms with Crippen LogP contribution in [-0.4, -0.2) is 40.1 Å². The Labute approximate surface area is 117 Å². The van der Waals surface area contributed by atoms with Crippen molar-refractivity contribution in [3.05, 3.63) is 30.1 Å². The average molecular weight is 277 g/mol. The van der Waals surface area contributed by atoms with Crippen molar-refractivity contribution in [3.63, 3.8) is 0 Å². The van der Waals surface area contributed by atoms with Gasteiger partial charge in [0.05, 0.1) is 17.2 Å². The fourth-order valence-electron chi connectivity index (χ4n) is 2.29. The molecule has 6 heteroatoms. The molecule has 1 aromatic heterocycles. The van der Waals surface area contributed by atoms with Crippen LogP contribution in [-0.2, 0) is 4.79 Å². The van der Waals surface area contributed by atoms with Gasteiger partial charge >= 0.3 is 12.0 Å². The fraction of sp³-hybridized carbons (Fsp3) is 0.500. The summed E-state index contributed by atoms with van der Waals surface area (Å²) in [4.78, 5) is 29.0. The number of amides is 2. The molecule has 2 amide bonds. The highest BCUT2D eigenvalue weighted by atomic mass is 16.4. The van der Waals surface area contributed by atoms with E-state index in [-0.39, 0.29) is 18.6 Å². The Hall–Kier alpha value is -2.11. The fourth-order valence-corrected chi connectivity index (χ4v) is 2.29. The van der Waals surface area contributed by atoms with Crippen LogP contribution < -0.4 is 5.32 Å². The Bertz CT molecular complexity index is 506. The molecule has 1 aliphatic heterocycles. The van der Waals surface area contributed by atoms with Crippen LogP contribution >= 0.6 is 0 Å². The molecule has 6 nitrogen and oxygen atoms in total. The van der Waals surface area contributed by atoms with Crippen molar-refractivity contribution >= 4 is 12.0 Å². The van der Waals surface area contributed by atoms with Crippen molar-refractivity contribution < 1.29 is 14.7 Å². The SMILES string of the molecule is CC(NC(=O)N1CCC(C)(C(=O)O)C1)c1ccccn1. The van der Waals surface area contributed by atoms with Gasteiger partial charge in [0.1, 0.15) is 0 Å². The lowest BCUT2D eigenvalue weighted by Gasteiger charge is -2.22. The molecule has 0 bridgehead atoms. The minimum atomic E-state index is -0.856. The van der Waals surface area contributed by atoms with E-state index in [2.05, 4.69) is 10.3 Å². The molecular formula is C14H19N3O3. The van der Waals surface area contributed by atoms with E-state index < -0.39 is 11.4 Å². The van der Waals surface area contributed by atoms with Crippen molar-refractivity contribution in [2.45, 2.75) is 26.3 Å². The Balaban J connectivity index is 1.95. The zero-order valence-electron chi connectivity index (χ0n) is 11.7. The monoisotopic (exact) mass is 277 g/mol. The van der Waals surface area contributed by atoms with Crippen LogP contribution in [0, 0.1) is 5.41 Å². The van der Waals surface area contributed by atoms with Gasteiger partial charge in [0.2, 0.25) is 0 Å². The zero-order chi connectivity index (χ0) is 14.8. The second-order valence-corrected chi connectivity index (χ2v) is 5.46. The van der Waals surface area contributed by atoms with Crippen LogP contribution in [0.5, 0.6) is 0 Å². The number of hydrogen-bond donors (Lipinski definition) is 2. The van der Waals surface area contributed by atoms with Gasteiger partial charge in [0, 0.05) is 19.3 Å². The van der Waals surface area contributed by atoms with Gasteiger partial charge in [-0.2, -0.15) is 0 Å². The molecule has 108 valence electrons. The van der Waals surface area contributed by atoms with Crippen molar-refractivity contribution in [1.82, 2.24) is 15.2 Å².